The molecule has 0 N–H and O–H groups in total. The molecule has 1 aromatic carbocycles. The second-order valence-electron chi connectivity index (χ2n) is 6.76. The van der Waals surface area contributed by atoms with Gasteiger partial charge in [-0.2, -0.15) is 9.78 Å². The number of thioether (sulfide) groups is 1. The Hall–Kier alpha value is -1.90. The molecule has 0 saturated carbocycles. The average Bonchev–Trinajstić information content (AvgIpc) is 3.19. The van der Waals surface area contributed by atoms with Crippen molar-refractivity contribution in [2.24, 2.45) is 0 Å². The van der Waals surface area contributed by atoms with Gasteiger partial charge in [-0.1, -0.05) is 23.9 Å². The van der Waals surface area contributed by atoms with Crippen LogP contribution in [0.3, 0.4) is 0 Å². The van der Waals surface area contributed by atoms with E-state index in [0.717, 1.165) is 24.4 Å². The third kappa shape index (κ3) is 3.13. The summed E-state index contributed by atoms with van der Waals surface area (Å²) in [7, 11) is 1.65. The minimum absolute atomic E-state index is 0.0184. The smallest absolute Gasteiger partial charge is 0.264 e. The fourth-order valence-corrected chi connectivity index (χ4v) is 5.00. The number of hydrogen-bond acceptors (Lipinski definition) is 7. The quantitative estimate of drug-likeness (QED) is 0.813. The summed E-state index contributed by atoms with van der Waals surface area (Å²) >= 11 is 1.49. The van der Waals surface area contributed by atoms with E-state index in [2.05, 4.69) is 28.8 Å². The van der Waals surface area contributed by atoms with E-state index in [9.17, 15) is 4.79 Å². The van der Waals surface area contributed by atoms with Gasteiger partial charge in [0.25, 0.3) is 5.91 Å². The van der Waals surface area contributed by atoms with Gasteiger partial charge in [0.2, 0.25) is 0 Å². The molecule has 2 aromatic rings. The molecule has 0 amide bonds. The lowest BCUT2D eigenvalue weighted by atomic mass is 9.99. The Kier molecular flexibility index (Phi) is 4.73. The molecule has 4 unspecified atom stereocenters. The summed E-state index contributed by atoms with van der Waals surface area (Å²) in [5, 5.41) is 4.46. The summed E-state index contributed by atoms with van der Waals surface area (Å²) in [6, 6.07) is 7.89. The normalized spacial score (nSPS) is 27.3. The lowest BCUT2D eigenvalue weighted by Gasteiger charge is -2.41. The molecule has 1 fully saturated rings. The summed E-state index contributed by atoms with van der Waals surface area (Å²) in [6.07, 6.45) is 1.67. The molecule has 138 valence electrons. The highest BCUT2D eigenvalue weighted by atomic mass is 32.2. The van der Waals surface area contributed by atoms with E-state index >= 15 is 0 Å². The second kappa shape index (κ2) is 7.02. The molecule has 4 rings (SSSR count). The first-order valence-electron chi connectivity index (χ1n) is 8.71. The molecule has 0 bridgehead atoms. The van der Waals surface area contributed by atoms with Crippen LogP contribution in [0.4, 0.5) is 0 Å². The van der Waals surface area contributed by atoms with Crippen molar-refractivity contribution in [2.45, 2.75) is 42.5 Å². The van der Waals surface area contributed by atoms with Gasteiger partial charge in [-0.3, -0.25) is 9.69 Å². The molecular weight excluding hydrogens is 352 g/mol. The minimum Gasteiger partial charge on any atom is -0.497 e. The Balaban J connectivity index is 1.69. The number of nitrogens with zero attached hydrogens (tertiary/aromatic N) is 4. The van der Waals surface area contributed by atoms with Gasteiger partial charge in [-0.25, -0.2) is 4.98 Å². The van der Waals surface area contributed by atoms with Crippen LogP contribution in [-0.4, -0.2) is 63.2 Å². The van der Waals surface area contributed by atoms with Gasteiger partial charge >= 0.3 is 0 Å². The molecule has 0 aliphatic carbocycles. The number of carbonyl (C=O) groups excluding carboxylic acids is 1. The summed E-state index contributed by atoms with van der Waals surface area (Å²) in [5.41, 5.74) is 1.09. The number of ether oxygens (including phenoxy) is 2. The van der Waals surface area contributed by atoms with Crippen LogP contribution in [0.2, 0.25) is 0 Å². The van der Waals surface area contributed by atoms with E-state index in [1.807, 2.05) is 24.3 Å². The maximum Gasteiger partial charge on any atom is 0.264 e. The lowest BCUT2D eigenvalue weighted by molar-refractivity contribution is -0.0804. The Labute approximate surface area is 156 Å². The predicted molar refractivity (Wildman–Crippen MR) is 97.6 cm³/mol. The number of methoxy groups -OCH3 is 1. The molecular formula is C18H22N4O3S. The van der Waals surface area contributed by atoms with Gasteiger partial charge in [0.05, 0.1) is 25.4 Å². The third-order valence-electron chi connectivity index (χ3n) is 4.79. The average molecular weight is 374 g/mol. The first-order valence-corrected chi connectivity index (χ1v) is 9.59. The molecule has 4 atom stereocenters. The number of carbonyl (C=O) groups is 1. The van der Waals surface area contributed by atoms with Gasteiger partial charge in [-0.15, -0.1) is 0 Å². The van der Waals surface area contributed by atoms with Crippen LogP contribution < -0.4 is 4.74 Å². The largest absolute Gasteiger partial charge is 0.497 e. The van der Waals surface area contributed by atoms with Gasteiger partial charge in [0.15, 0.2) is 5.16 Å². The SMILES string of the molecule is COc1ccc(C(C2Sc3ncnn3C2=O)N2CC(C)OC(C)C2)cc1. The second-order valence-corrected chi connectivity index (χ2v) is 7.87. The van der Waals surface area contributed by atoms with E-state index in [0.29, 0.717) is 5.16 Å². The molecule has 0 radical (unpaired) electrons. The number of morpholine rings is 1. The van der Waals surface area contributed by atoms with Crippen LogP contribution >= 0.6 is 11.8 Å². The predicted octanol–water partition coefficient (Wildman–Crippen LogP) is 2.25. The molecule has 1 aromatic heterocycles. The summed E-state index contributed by atoms with van der Waals surface area (Å²) < 4.78 is 12.6. The van der Waals surface area contributed by atoms with E-state index in [1.165, 1.54) is 22.8 Å². The number of rotatable bonds is 4. The van der Waals surface area contributed by atoms with Crippen molar-refractivity contribution in [2.75, 3.05) is 20.2 Å². The Bertz CT molecular complexity index is 784. The highest BCUT2D eigenvalue weighted by Crippen LogP contribution is 2.41. The third-order valence-corrected chi connectivity index (χ3v) is 5.99. The monoisotopic (exact) mass is 374 g/mol. The van der Waals surface area contributed by atoms with Crippen molar-refractivity contribution in [1.82, 2.24) is 19.7 Å². The topological polar surface area (TPSA) is 69.5 Å². The fourth-order valence-electron chi connectivity index (χ4n) is 3.77. The molecule has 7 nitrogen and oxygen atoms in total. The number of hydrogen-bond donors (Lipinski definition) is 0. The van der Waals surface area contributed by atoms with Gasteiger partial charge in [0.1, 0.15) is 17.3 Å². The van der Waals surface area contributed by atoms with Crippen LogP contribution in [0, 0.1) is 0 Å². The molecule has 0 spiro atoms. The first kappa shape index (κ1) is 17.5. The van der Waals surface area contributed by atoms with Crippen LogP contribution in [-0.2, 0) is 4.74 Å². The fraction of sp³-hybridized carbons (Fsp3) is 0.500. The zero-order chi connectivity index (χ0) is 18.3. The maximum absolute atomic E-state index is 13.0. The van der Waals surface area contributed by atoms with E-state index in [1.54, 1.807) is 7.11 Å². The van der Waals surface area contributed by atoms with Crippen molar-refractivity contribution in [3.05, 3.63) is 36.2 Å². The Morgan fingerprint density at radius 3 is 2.54 bits per heavy atom. The van der Waals surface area contributed by atoms with Crippen molar-refractivity contribution in [1.29, 1.82) is 0 Å². The zero-order valence-electron chi connectivity index (χ0n) is 15.0. The van der Waals surface area contributed by atoms with Crippen molar-refractivity contribution in [3.8, 4) is 5.75 Å². The molecule has 26 heavy (non-hydrogen) atoms. The first-order chi connectivity index (χ1) is 12.6. The van der Waals surface area contributed by atoms with Crippen LogP contribution in [0.5, 0.6) is 5.75 Å². The van der Waals surface area contributed by atoms with Gasteiger partial charge < -0.3 is 9.47 Å². The van der Waals surface area contributed by atoms with Crippen molar-refractivity contribution < 1.29 is 14.3 Å². The molecule has 3 heterocycles. The van der Waals surface area contributed by atoms with Crippen molar-refractivity contribution in [3.63, 3.8) is 0 Å². The summed E-state index contributed by atoms with van der Waals surface area (Å²) in [6.45, 7) is 5.70. The summed E-state index contributed by atoms with van der Waals surface area (Å²) in [4.78, 5) is 19.5. The Morgan fingerprint density at radius 2 is 1.92 bits per heavy atom. The van der Waals surface area contributed by atoms with E-state index in [-0.39, 0.29) is 29.4 Å². The van der Waals surface area contributed by atoms with Crippen LogP contribution in [0.15, 0.2) is 35.7 Å². The van der Waals surface area contributed by atoms with Crippen LogP contribution in [0.25, 0.3) is 0 Å². The molecule has 2 aliphatic heterocycles. The van der Waals surface area contributed by atoms with Crippen molar-refractivity contribution >= 4 is 17.7 Å². The highest BCUT2D eigenvalue weighted by molar-refractivity contribution is 8.00. The van der Waals surface area contributed by atoms with Crippen LogP contribution in [0.1, 0.15) is 30.2 Å². The standard InChI is InChI=1S/C18H22N4O3S/c1-11-8-21(9-12(2)25-11)15(13-4-6-14(24-3)7-5-13)16-17(23)22-18(26-16)19-10-20-22/h4-7,10-12,15-16H,8-9H2,1-3H3. The molecule has 8 heteroatoms. The number of aromatic nitrogens is 3. The maximum atomic E-state index is 13.0. The van der Waals surface area contributed by atoms with E-state index in [4.69, 9.17) is 9.47 Å². The van der Waals surface area contributed by atoms with Gasteiger partial charge in [-0.05, 0) is 31.5 Å². The number of fused-ring (bicyclic) bond motifs is 1. The molecule has 2 aliphatic rings. The minimum atomic E-state index is -0.280. The lowest BCUT2D eigenvalue weighted by Crippen LogP contribution is -2.50. The Morgan fingerprint density at radius 1 is 1.23 bits per heavy atom. The van der Waals surface area contributed by atoms with Gasteiger partial charge in [0, 0.05) is 13.1 Å². The molecule has 1 saturated heterocycles. The zero-order valence-corrected chi connectivity index (χ0v) is 15.8. The highest BCUT2D eigenvalue weighted by Gasteiger charge is 2.43. The summed E-state index contributed by atoms with van der Waals surface area (Å²) in [5.74, 6) is 0.784. The van der Waals surface area contributed by atoms with E-state index < -0.39 is 0 Å². The number of benzene rings is 1.